The van der Waals surface area contributed by atoms with Crippen LogP contribution in [0.2, 0.25) is 5.02 Å². The highest BCUT2D eigenvalue weighted by Crippen LogP contribution is 2.25. The molecule has 13 heteroatoms. The van der Waals surface area contributed by atoms with Crippen molar-refractivity contribution in [2.75, 3.05) is 0 Å². The van der Waals surface area contributed by atoms with E-state index in [4.69, 9.17) is 16.2 Å². The first-order valence-corrected chi connectivity index (χ1v) is 10.9. The molecule has 0 heterocycles. The third-order valence-electron chi connectivity index (χ3n) is 2.82. The molecule has 0 aliphatic heterocycles. The molecule has 0 bridgehead atoms. The molecule has 0 saturated carbocycles. The Hall–Kier alpha value is -1.57. The zero-order valence-corrected chi connectivity index (χ0v) is 15.1. The summed E-state index contributed by atoms with van der Waals surface area (Å²) in [5.74, 6) is -0.844. The predicted octanol–water partition coefficient (Wildman–Crippen LogP) is 1.39. The van der Waals surface area contributed by atoms with Gasteiger partial charge in [0, 0.05) is 0 Å². The SMILES string of the molecule is O=S(=O)(O)c1ccccc1S(=O)(=O)NS(=O)(=O)c1ccc(F)cc1Cl. The van der Waals surface area contributed by atoms with Crippen molar-refractivity contribution in [3.8, 4) is 0 Å². The van der Waals surface area contributed by atoms with Gasteiger partial charge in [-0.2, -0.15) is 8.42 Å². The van der Waals surface area contributed by atoms with Gasteiger partial charge in [-0.1, -0.05) is 23.7 Å². The van der Waals surface area contributed by atoms with E-state index in [0.717, 1.165) is 36.4 Å². The minimum atomic E-state index is -4.94. The van der Waals surface area contributed by atoms with Gasteiger partial charge >= 0.3 is 0 Å². The van der Waals surface area contributed by atoms with Gasteiger partial charge in [-0.15, -0.1) is 4.13 Å². The zero-order chi connectivity index (χ0) is 19.0. The van der Waals surface area contributed by atoms with E-state index in [0.29, 0.717) is 6.07 Å². The molecule has 0 aliphatic carbocycles. The van der Waals surface area contributed by atoms with Gasteiger partial charge in [0.2, 0.25) is 0 Å². The van der Waals surface area contributed by atoms with Gasteiger partial charge in [-0.05, 0) is 30.3 Å². The van der Waals surface area contributed by atoms with Gasteiger partial charge in [0.25, 0.3) is 30.2 Å². The summed E-state index contributed by atoms with van der Waals surface area (Å²) < 4.78 is 94.9. The molecule has 8 nitrogen and oxygen atoms in total. The average Bonchev–Trinajstić information content (AvgIpc) is 2.44. The smallest absolute Gasteiger partial charge is 0.282 e. The van der Waals surface area contributed by atoms with E-state index in [1.54, 1.807) is 0 Å². The second-order valence-electron chi connectivity index (χ2n) is 4.59. The fraction of sp³-hybridized carbons (Fsp3) is 0. The van der Waals surface area contributed by atoms with Crippen molar-refractivity contribution < 1.29 is 34.2 Å². The largest absolute Gasteiger partial charge is 0.295 e. The molecule has 0 unspecified atom stereocenters. The van der Waals surface area contributed by atoms with Gasteiger partial charge < -0.3 is 0 Å². The third kappa shape index (κ3) is 4.34. The fourth-order valence-electron chi connectivity index (χ4n) is 1.81. The molecule has 0 spiro atoms. The molecule has 2 rings (SSSR count). The van der Waals surface area contributed by atoms with Crippen LogP contribution in [0.25, 0.3) is 0 Å². The van der Waals surface area contributed by atoms with Crippen molar-refractivity contribution in [1.82, 2.24) is 4.13 Å². The number of nitrogens with one attached hydrogen (secondary N) is 1. The summed E-state index contributed by atoms with van der Waals surface area (Å²) in [5, 5.41) is -0.578. The van der Waals surface area contributed by atoms with Crippen LogP contribution < -0.4 is 4.13 Å². The predicted molar refractivity (Wildman–Crippen MR) is 85.2 cm³/mol. The number of hydrogen-bond acceptors (Lipinski definition) is 6. The van der Waals surface area contributed by atoms with Crippen LogP contribution in [-0.4, -0.2) is 29.8 Å². The number of rotatable bonds is 5. The first-order valence-electron chi connectivity index (χ1n) is 6.15. The minimum absolute atomic E-state index is 0.578. The molecule has 2 N–H and O–H groups in total. The fourth-order valence-corrected chi connectivity index (χ4v) is 6.53. The van der Waals surface area contributed by atoms with Gasteiger partial charge in [0.05, 0.1) is 5.02 Å². The summed E-state index contributed by atoms with van der Waals surface area (Å²) in [6, 6.07) is 5.97. The number of benzene rings is 2. The molecule has 0 radical (unpaired) electrons. The van der Waals surface area contributed by atoms with Crippen LogP contribution in [0.5, 0.6) is 0 Å². The Labute approximate surface area is 148 Å². The lowest BCUT2D eigenvalue weighted by molar-refractivity contribution is 0.479. The van der Waals surface area contributed by atoms with Gasteiger partial charge in [0.1, 0.15) is 20.5 Å². The van der Waals surface area contributed by atoms with Crippen molar-refractivity contribution >= 4 is 41.8 Å². The first kappa shape index (κ1) is 19.8. The van der Waals surface area contributed by atoms with E-state index in [-0.39, 0.29) is 0 Å². The summed E-state index contributed by atoms with van der Waals surface area (Å²) in [5.41, 5.74) is 0. The molecule has 0 atom stereocenters. The van der Waals surface area contributed by atoms with E-state index in [2.05, 4.69) is 0 Å². The van der Waals surface area contributed by atoms with E-state index in [1.807, 2.05) is 0 Å². The maximum absolute atomic E-state index is 13.0. The summed E-state index contributed by atoms with van der Waals surface area (Å²) >= 11 is 5.60. The Morgan fingerprint density at radius 2 is 1.36 bits per heavy atom. The number of halogens is 2. The zero-order valence-electron chi connectivity index (χ0n) is 11.9. The van der Waals surface area contributed by atoms with E-state index >= 15 is 0 Å². The molecular formula is C12H9ClFNO7S3. The first-order chi connectivity index (χ1) is 11.3. The molecule has 0 fully saturated rings. The minimum Gasteiger partial charge on any atom is -0.282 e. The summed E-state index contributed by atoms with van der Waals surface area (Å²) in [6.45, 7) is 0. The topological polar surface area (TPSA) is 135 Å². The molecule has 136 valence electrons. The Balaban J connectivity index is 2.57. The second-order valence-corrected chi connectivity index (χ2v) is 9.94. The van der Waals surface area contributed by atoms with Crippen molar-refractivity contribution in [3.05, 3.63) is 53.3 Å². The molecule has 2 aromatic carbocycles. The molecule has 0 aliphatic rings. The normalized spacial score (nSPS) is 12.9. The summed E-state index contributed by atoms with van der Waals surface area (Å²) in [6.07, 6.45) is 0. The Morgan fingerprint density at radius 1 is 0.840 bits per heavy atom. The lowest BCUT2D eigenvalue weighted by Crippen LogP contribution is -2.31. The van der Waals surface area contributed by atoms with Crippen LogP contribution in [0.4, 0.5) is 4.39 Å². The van der Waals surface area contributed by atoms with Crippen LogP contribution in [0.15, 0.2) is 57.2 Å². The van der Waals surface area contributed by atoms with Gasteiger partial charge in [-0.25, -0.2) is 21.2 Å². The van der Waals surface area contributed by atoms with Gasteiger partial charge in [-0.3, -0.25) is 4.55 Å². The van der Waals surface area contributed by atoms with Crippen molar-refractivity contribution in [1.29, 1.82) is 0 Å². The standard InChI is InChI=1S/C12H9ClFNO7S3/c13-9-7-8(14)5-6-10(9)23(16,17)15-24(18,19)11-3-1-2-4-12(11)25(20,21)22/h1-7,15H,(H,20,21,22). The number of sulfonamides is 2. The molecule has 25 heavy (non-hydrogen) atoms. The van der Waals surface area contributed by atoms with E-state index in [1.165, 1.54) is 4.13 Å². The highest BCUT2D eigenvalue weighted by molar-refractivity contribution is 8.05. The van der Waals surface area contributed by atoms with Crippen LogP contribution in [0, 0.1) is 5.82 Å². The maximum atomic E-state index is 13.0. The highest BCUT2D eigenvalue weighted by atomic mass is 35.5. The highest BCUT2D eigenvalue weighted by Gasteiger charge is 2.31. The molecule has 0 aromatic heterocycles. The van der Waals surface area contributed by atoms with Crippen molar-refractivity contribution in [2.24, 2.45) is 0 Å². The van der Waals surface area contributed by atoms with Crippen LogP contribution in [0.3, 0.4) is 0 Å². The molecule has 0 saturated heterocycles. The van der Waals surface area contributed by atoms with Crippen LogP contribution >= 0.6 is 11.6 Å². The second kappa shape index (κ2) is 6.63. The number of hydrogen-bond donors (Lipinski definition) is 2. The Kier molecular flexibility index (Phi) is 5.23. The Morgan fingerprint density at radius 3 is 1.88 bits per heavy atom. The average molecular weight is 430 g/mol. The van der Waals surface area contributed by atoms with Gasteiger partial charge in [0.15, 0.2) is 0 Å². The molecule has 0 amide bonds. The molecule has 2 aromatic rings. The quantitative estimate of drug-likeness (QED) is 0.685. The van der Waals surface area contributed by atoms with Crippen LogP contribution in [0.1, 0.15) is 0 Å². The monoisotopic (exact) mass is 429 g/mol. The van der Waals surface area contributed by atoms with Crippen LogP contribution in [-0.2, 0) is 30.2 Å². The Bertz CT molecular complexity index is 1140. The van der Waals surface area contributed by atoms with Crippen molar-refractivity contribution in [2.45, 2.75) is 14.7 Å². The third-order valence-corrected chi connectivity index (χ3v) is 7.91. The van der Waals surface area contributed by atoms with E-state index in [9.17, 15) is 29.6 Å². The van der Waals surface area contributed by atoms with Crippen molar-refractivity contribution in [3.63, 3.8) is 0 Å². The summed E-state index contributed by atoms with van der Waals surface area (Å²) in [7, 11) is -14.7. The van der Waals surface area contributed by atoms with E-state index < -0.39 is 55.7 Å². The lowest BCUT2D eigenvalue weighted by atomic mass is 10.3. The summed E-state index contributed by atoms with van der Waals surface area (Å²) in [4.78, 5) is -2.73. The maximum Gasteiger partial charge on any atom is 0.295 e. The lowest BCUT2D eigenvalue weighted by Gasteiger charge is -2.11. The molecular weight excluding hydrogens is 421 g/mol.